The number of rotatable bonds is 4. The van der Waals surface area contributed by atoms with E-state index in [0.717, 1.165) is 49.0 Å². The Morgan fingerprint density at radius 1 is 1.12 bits per heavy atom. The van der Waals surface area contributed by atoms with Gasteiger partial charge in [-0.25, -0.2) is 9.97 Å². The summed E-state index contributed by atoms with van der Waals surface area (Å²) in [5, 5.41) is 11.9. The molecule has 1 saturated heterocycles. The first kappa shape index (κ1) is 14.8. The molecular weight excluding hydrogens is 306 g/mol. The highest BCUT2D eigenvalue weighted by Crippen LogP contribution is 2.23. The molecule has 0 atom stereocenters. The molecule has 2 aromatic heterocycles. The minimum atomic E-state index is 0.646. The van der Waals surface area contributed by atoms with Crippen LogP contribution in [0.2, 0.25) is 0 Å². The zero-order valence-electron chi connectivity index (χ0n) is 13.5. The maximum atomic E-state index is 5.48. The molecule has 1 fully saturated rings. The summed E-state index contributed by atoms with van der Waals surface area (Å²) in [6, 6.07) is 7.74. The molecule has 1 aromatic carbocycles. The molecule has 0 bridgehead atoms. The molecule has 1 N–H and O–H groups in total. The summed E-state index contributed by atoms with van der Waals surface area (Å²) in [6.07, 6.45) is 1.58. The second-order valence-electron chi connectivity index (χ2n) is 5.53. The summed E-state index contributed by atoms with van der Waals surface area (Å²) in [4.78, 5) is 11.0. The predicted octanol–water partition coefficient (Wildman–Crippen LogP) is 1.02. The number of fused-ring (bicyclic) bond motifs is 1. The zero-order valence-corrected chi connectivity index (χ0v) is 13.5. The van der Waals surface area contributed by atoms with E-state index < -0.39 is 0 Å². The van der Waals surface area contributed by atoms with Gasteiger partial charge in [0, 0.05) is 26.2 Å². The van der Waals surface area contributed by atoms with E-state index in [9.17, 15) is 0 Å². The molecule has 3 aromatic rings. The molecule has 0 saturated carbocycles. The molecule has 0 amide bonds. The molecule has 124 valence electrons. The lowest BCUT2D eigenvalue weighted by Gasteiger charge is -2.28. The lowest BCUT2D eigenvalue weighted by atomic mass is 10.3. The molecule has 0 radical (unpaired) electrons. The number of piperazine rings is 1. The van der Waals surface area contributed by atoms with Crippen LogP contribution in [0.25, 0.3) is 16.9 Å². The Kier molecular flexibility index (Phi) is 3.96. The normalized spacial score (nSPS) is 15.0. The second-order valence-corrected chi connectivity index (χ2v) is 5.53. The lowest BCUT2D eigenvalue weighted by molar-refractivity contribution is 0.340. The molecule has 8 heteroatoms. The molecular formula is C16H19N7O. The molecule has 24 heavy (non-hydrogen) atoms. The molecule has 0 spiro atoms. The number of anilines is 1. The van der Waals surface area contributed by atoms with Crippen LogP contribution in [-0.2, 0) is 0 Å². The van der Waals surface area contributed by atoms with Crippen LogP contribution in [0.3, 0.4) is 0 Å². The van der Waals surface area contributed by atoms with Gasteiger partial charge in [0.15, 0.2) is 17.0 Å². The predicted molar refractivity (Wildman–Crippen MR) is 90.7 cm³/mol. The van der Waals surface area contributed by atoms with Crippen molar-refractivity contribution in [1.82, 2.24) is 30.3 Å². The summed E-state index contributed by atoms with van der Waals surface area (Å²) in [5.74, 6) is 1.68. The third-order valence-corrected chi connectivity index (χ3v) is 4.03. The number of aromatic nitrogens is 5. The first-order chi connectivity index (χ1) is 11.9. The van der Waals surface area contributed by atoms with Crippen molar-refractivity contribution < 1.29 is 4.74 Å². The van der Waals surface area contributed by atoms with E-state index >= 15 is 0 Å². The van der Waals surface area contributed by atoms with Crippen LogP contribution < -0.4 is 15.0 Å². The van der Waals surface area contributed by atoms with Crippen LogP contribution in [0, 0.1) is 0 Å². The first-order valence-electron chi connectivity index (χ1n) is 8.12. The zero-order chi connectivity index (χ0) is 16.4. The molecule has 8 nitrogen and oxygen atoms in total. The highest BCUT2D eigenvalue weighted by molar-refractivity contribution is 5.83. The fraction of sp³-hybridized carbons (Fsp3) is 0.375. The summed E-state index contributed by atoms with van der Waals surface area (Å²) in [7, 11) is 0. The number of ether oxygens (including phenoxy) is 1. The molecule has 1 aliphatic heterocycles. The Hall–Kier alpha value is -2.74. The van der Waals surface area contributed by atoms with Crippen LogP contribution in [-0.4, -0.2) is 57.7 Å². The first-order valence-corrected chi connectivity index (χ1v) is 8.12. The van der Waals surface area contributed by atoms with Crippen LogP contribution in [0.4, 0.5) is 5.82 Å². The third-order valence-electron chi connectivity index (χ3n) is 4.03. The highest BCUT2D eigenvalue weighted by Gasteiger charge is 2.19. The van der Waals surface area contributed by atoms with Crippen molar-refractivity contribution in [2.75, 3.05) is 37.7 Å². The quantitative estimate of drug-likeness (QED) is 0.767. The van der Waals surface area contributed by atoms with Gasteiger partial charge < -0.3 is 15.0 Å². The Bertz CT molecular complexity index is 824. The van der Waals surface area contributed by atoms with E-state index in [4.69, 9.17) is 4.74 Å². The summed E-state index contributed by atoms with van der Waals surface area (Å²) < 4.78 is 7.22. The van der Waals surface area contributed by atoms with Crippen molar-refractivity contribution in [2.45, 2.75) is 6.92 Å². The van der Waals surface area contributed by atoms with Crippen molar-refractivity contribution in [3.63, 3.8) is 0 Å². The minimum Gasteiger partial charge on any atom is -0.494 e. The van der Waals surface area contributed by atoms with E-state index in [1.807, 2.05) is 31.2 Å². The van der Waals surface area contributed by atoms with Crippen LogP contribution in [0.5, 0.6) is 5.75 Å². The van der Waals surface area contributed by atoms with E-state index in [1.54, 1.807) is 11.0 Å². The molecule has 0 unspecified atom stereocenters. The van der Waals surface area contributed by atoms with E-state index in [2.05, 4.69) is 30.5 Å². The molecule has 1 aliphatic rings. The van der Waals surface area contributed by atoms with Crippen molar-refractivity contribution in [3.05, 3.63) is 30.6 Å². The van der Waals surface area contributed by atoms with E-state index in [-0.39, 0.29) is 0 Å². The minimum absolute atomic E-state index is 0.646. The van der Waals surface area contributed by atoms with Gasteiger partial charge in [-0.3, -0.25) is 0 Å². The van der Waals surface area contributed by atoms with Crippen molar-refractivity contribution >= 4 is 17.0 Å². The van der Waals surface area contributed by atoms with Gasteiger partial charge in [-0.1, -0.05) is 5.21 Å². The molecule has 3 heterocycles. The van der Waals surface area contributed by atoms with Gasteiger partial charge in [0.25, 0.3) is 0 Å². The maximum absolute atomic E-state index is 5.48. The van der Waals surface area contributed by atoms with Crippen molar-refractivity contribution in [2.24, 2.45) is 0 Å². The fourth-order valence-corrected chi connectivity index (χ4v) is 2.87. The fourth-order valence-electron chi connectivity index (χ4n) is 2.87. The summed E-state index contributed by atoms with van der Waals surface area (Å²) >= 11 is 0. The Balaban J connectivity index is 1.72. The molecule has 4 rings (SSSR count). The smallest absolute Gasteiger partial charge is 0.189 e. The van der Waals surface area contributed by atoms with Crippen LogP contribution >= 0.6 is 0 Å². The molecule has 0 aliphatic carbocycles. The van der Waals surface area contributed by atoms with Gasteiger partial charge in [0.05, 0.1) is 12.3 Å². The number of nitrogens with one attached hydrogen (secondary N) is 1. The number of hydrogen-bond acceptors (Lipinski definition) is 7. The van der Waals surface area contributed by atoms with E-state index in [0.29, 0.717) is 12.3 Å². The topological polar surface area (TPSA) is 81.0 Å². The average Bonchev–Trinajstić information content (AvgIpc) is 3.07. The average molecular weight is 325 g/mol. The lowest BCUT2D eigenvalue weighted by Crippen LogP contribution is -2.44. The Morgan fingerprint density at radius 2 is 1.92 bits per heavy atom. The van der Waals surface area contributed by atoms with Crippen LogP contribution in [0.15, 0.2) is 30.6 Å². The van der Waals surface area contributed by atoms with Crippen molar-refractivity contribution in [1.29, 1.82) is 0 Å². The SMILES string of the molecule is CCOc1ccc(-n2nnc3c(N4CCNCC4)ncnc32)cc1. The maximum Gasteiger partial charge on any atom is 0.189 e. The Labute approximate surface area is 139 Å². The standard InChI is InChI=1S/C16H19N7O/c1-2-24-13-5-3-12(4-6-13)23-16-14(20-21-23)15(18-11-19-16)22-9-7-17-8-10-22/h3-6,11,17H,2,7-10H2,1H3. The van der Waals surface area contributed by atoms with Gasteiger partial charge >= 0.3 is 0 Å². The number of hydrogen-bond donors (Lipinski definition) is 1. The highest BCUT2D eigenvalue weighted by atomic mass is 16.5. The van der Waals surface area contributed by atoms with Crippen LogP contribution in [0.1, 0.15) is 6.92 Å². The van der Waals surface area contributed by atoms with Gasteiger partial charge in [-0.05, 0) is 31.2 Å². The Morgan fingerprint density at radius 3 is 2.67 bits per heavy atom. The largest absolute Gasteiger partial charge is 0.494 e. The third kappa shape index (κ3) is 2.65. The van der Waals surface area contributed by atoms with Gasteiger partial charge in [0.2, 0.25) is 0 Å². The number of nitrogens with zero attached hydrogens (tertiary/aromatic N) is 6. The van der Waals surface area contributed by atoms with Gasteiger partial charge in [-0.2, -0.15) is 4.68 Å². The second kappa shape index (κ2) is 6.40. The van der Waals surface area contributed by atoms with Crippen molar-refractivity contribution in [3.8, 4) is 11.4 Å². The summed E-state index contributed by atoms with van der Waals surface area (Å²) in [5.41, 5.74) is 2.34. The number of benzene rings is 1. The van der Waals surface area contributed by atoms with Gasteiger partial charge in [-0.15, -0.1) is 5.10 Å². The van der Waals surface area contributed by atoms with E-state index in [1.165, 1.54) is 0 Å². The summed E-state index contributed by atoms with van der Waals surface area (Å²) in [6.45, 7) is 6.31. The monoisotopic (exact) mass is 325 g/mol. The van der Waals surface area contributed by atoms with Gasteiger partial charge in [0.1, 0.15) is 12.1 Å².